The molecule has 0 aliphatic heterocycles. The second-order valence-electron chi connectivity index (χ2n) is 13.3. The molecule has 2 aromatic carbocycles. The number of esters is 1. The van der Waals surface area contributed by atoms with Gasteiger partial charge in [0.15, 0.2) is 11.3 Å². The molecule has 336 valence electrons. The Morgan fingerprint density at radius 3 is 1.49 bits per heavy atom. The van der Waals surface area contributed by atoms with Gasteiger partial charge in [0.25, 0.3) is 0 Å². The van der Waals surface area contributed by atoms with Gasteiger partial charge in [0, 0.05) is 48.2 Å². The van der Waals surface area contributed by atoms with Crippen molar-refractivity contribution >= 4 is 57.7 Å². The van der Waals surface area contributed by atoms with Gasteiger partial charge in [-0.3, -0.25) is 4.43 Å². The summed E-state index contributed by atoms with van der Waals surface area (Å²) in [5.74, 6) is 0.642. The zero-order valence-corrected chi connectivity index (χ0v) is 44.8. The number of nitrogens with zero attached hydrogens (tertiary/aromatic N) is 8. The number of anilines is 2. The van der Waals surface area contributed by atoms with Crippen LogP contribution in [0.4, 0.5) is 11.9 Å². The summed E-state index contributed by atoms with van der Waals surface area (Å²) in [5.41, 5.74) is 4.88. The number of nitrogens with one attached hydrogen (secondary N) is 2. The number of aromatic carboxylic acids is 1. The molecule has 4 N–H and O–H groups in total. The number of halogens is 1. The number of fused-ring (bicyclic) bond motifs is 2. The molecular formula is C42H56IN10NaO7V2-2. The van der Waals surface area contributed by atoms with Crippen LogP contribution in [0.2, 0.25) is 0 Å². The summed E-state index contributed by atoms with van der Waals surface area (Å²) in [6.45, 7) is 21.1. The van der Waals surface area contributed by atoms with Crippen LogP contribution < -0.4 is 49.7 Å². The van der Waals surface area contributed by atoms with Crippen LogP contribution in [0.1, 0.15) is 130 Å². The Hall–Kier alpha value is -3.46. The first-order valence-electron chi connectivity index (χ1n) is 19.1. The van der Waals surface area contributed by atoms with Crippen molar-refractivity contribution in [3.63, 3.8) is 0 Å². The molecule has 0 aliphatic carbocycles. The number of hydrogen-bond acceptors (Lipinski definition) is 14. The van der Waals surface area contributed by atoms with Crippen LogP contribution in [0, 0.1) is 11.4 Å². The third-order valence-electron chi connectivity index (χ3n) is 8.56. The molecule has 0 spiro atoms. The van der Waals surface area contributed by atoms with Crippen LogP contribution in [0.5, 0.6) is 11.5 Å². The largest absolute Gasteiger partial charge is 1.00 e. The number of ether oxygens (including phenoxy) is 3. The quantitative estimate of drug-likeness (QED) is 0.0523. The molecule has 0 amide bonds. The van der Waals surface area contributed by atoms with Gasteiger partial charge >= 0.3 is 41.5 Å². The predicted molar refractivity (Wildman–Crippen MR) is 240 cm³/mol. The van der Waals surface area contributed by atoms with Gasteiger partial charge in [-0.25, -0.2) is 19.6 Å². The van der Waals surface area contributed by atoms with E-state index in [-0.39, 0.29) is 114 Å². The molecule has 0 aliphatic rings. The van der Waals surface area contributed by atoms with E-state index >= 15 is 0 Å². The molecule has 21 heteroatoms. The fraction of sp³-hybridized carbons (Fsp3) is 0.381. The Balaban J connectivity index is 0. The minimum Gasteiger partial charge on any atom is -0.870 e. The van der Waals surface area contributed by atoms with E-state index in [2.05, 4.69) is 84.1 Å². The molecular weight excluding hydrogens is 1010 g/mol. The summed E-state index contributed by atoms with van der Waals surface area (Å²) in [6.07, 6.45) is 3.45. The molecule has 6 rings (SSSR count). The van der Waals surface area contributed by atoms with Crippen LogP contribution in [-0.2, 0) is 41.8 Å². The second-order valence-corrected chi connectivity index (χ2v) is 14.5. The summed E-state index contributed by atoms with van der Waals surface area (Å²) in [7, 11) is 3.25. The molecule has 0 saturated heterocycles. The maximum Gasteiger partial charge on any atom is 1.00 e. The molecule has 0 saturated carbocycles. The second kappa shape index (κ2) is 30.6. The molecule has 0 unspecified atom stereocenters. The predicted octanol–water partition coefficient (Wildman–Crippen LogP) is 6.00. The Morgan fingerprint density at radius 2 is 1.14 bits per heavy atom. The monoisotopic (exact) mass is 1060 g/mol. The van der Waals surface area contributed by atoms with Crippen LogP contribution in [0.25, 0.3) is 11.3 Å². The first kappa shape index (κ1) is 61.6. The number of aromatic nitrogens is 8. The summed E-state index contributed by atoms with van der Waals surface area (Å²) in [6, 6.07) is 15.1. The van der Waals surface area contributed by atoms with Crippen molar-refractivity contribution in [2.75, 3.05) is 31.5 Å². The van der Waals surface area contributed by atoms with Crippen LogP contribution >= 0.6 is 22.6 Å². The van der Waals surface area contributed by atoms with E-state index in [0.29, 0.717) is 23.2 Å². The number of methoxy groups -OCH3 is 2. The van der Waals surface area contributed by atoms with E-state index in [9.17, 15) is 14.7 Å². The van der Waals surface area contributed by atoms with Crippen molar-refractivity contribution in [1.82, 2.24) is 39.2 Å². The first-order valence-corrected chi connectivity index (χ1v) is 20.3. The zero-order chi connectivity index (χ0) is 43.8. The Bertz CT molecular complexity index is 2300. The van der Waals surface area contributed by atoms with Crippen LogP contribution in [-0.4, -0.2) is 82.5 Å². The zero-order valence-electron chi connectivity index (χ0n) is 37.9. The molecule has 0 fully saturated rings. The van der Waals surface area contributed by atoms with Gasteiger partial charge in [0.05, 0.1) is 45.3 Å². The Morgan fingerprint density at radius 1 is 0.762 bits per heavy atom. The number of carboxylic acid groups (broad SMARTS) is 1. The van der Waals surface area contributed by atoms with Gasteiger partial charge in [0.1, 0.15) is 11.5 Å². The number of carbonyl (C=O) groups is 2. The van der Waals surface area contributed by atoms with Gasteiger partial charge in [-0.05, 0) is 68.0 Å². The van der Waals surface area contributed by atoms with Crippen LogP contribution in [0.15, 0.2) is 60.9 Å². The number of carbonyl (C=O) groups excluding carboxylic acids is 1. The minimum atomic E-state index is -1.18. The third kappa shape index (κ3) is 16.8. The number of carboxylic acids is 1. The molecule has 63 heavy (non-hydrogen) atoms. The van der Waals surface area contributed by atoms with Crippen molar-refractivity contribution in [2.45, 2.75) is 86.2 Å². The number of rotatable bonds is 13. The summed E-state index contributed by atoms with van der Waals surface area (Å²) in [5, 5.41) is 24.7. The van der Waals surface area contributed by atoms with E-state index in [4.69, 9.17) is 14.2 Å². The molecule has 2 atom stereocenters. The van der Waals surface area contributed by atoms with Crippen molar-refractivity contribution in [1.29, 1.82) is 0 Å². The van der Waals surface area contributed by atoms with Gasteiger partial charge in [-0.2, -0.15) is 43.0 Å². The molecule has 6 aromatic rings. The van der Waals surface area contributed by atoms with E-state index in [1.165, 1.54) is 0 Å². The molecule has 0 bridgehead atoms. The van der Waals surface area contributed by atoms with Gasteiger partial charge in [-0.1, -0.05) is 52.0 Å². The Kier molecular flexibility index (Phi) is 30.0. The van der Waals surface area contributed by atoms with Crippen molar-refractivity contribution in [2.24, 2.45) is 0 Å². The maximum absolute atomic E-state index is 12.3. The van der Waals surface area contributed by atoms with Crippen molar-refractivity contribution in [3.8, 4) is 11.5 Å². The smallest absolute Gasteiger partial charge is 0.870 e. The minimum absolute atomic E-state index is 0. The summed E-state index contributed by atoms with van der Waals surface area (Å²) < 4.78 is 20.8. The van der Waals surface area contributed by atoms with Crippen molar-refractivity contribution in [3.05, 3.63) is 106 Å². The fourth-order valence-electron chi connectivity index (χ4n) is 5.55. The van der Waals surface area contributed by atoms with Crippen LogP contribution in [0.3, 0.4) is 0 Å². The van der Waals surface area contributed by atoms with Gasteiger partial charge < -0.3 is 64.9 Å². The Labute approximate surface area is 429 Å². The number of hydrogen-bond donors (Lipinski definition) is 3. The van der Waals surface area contributed by atoms with E-state index in [0.717, 1.165) is 33.8 Å². The van der Waals surface area contributed by atoms with Crippen molar-refractivity contribution < 1.29 is 101 Å². The van der Waals surface area contributed by atoms with Gasteiger partial charge in [-0.15, -0.1) is 0 Å². The summed E-state index contributed by atoms with van der Waals surface area (Å²) >= 11 is 2.16. The maximum atomic E-state index is 12.3. The molecule has 4 aromatic heterocycles. The topological polar surface area (TPSA) is 222 Å². The average Bonchev–Trinajstić information content (AvgIpc) is 3.88. The van der Waals surface area contributed by atoms with E-state index in [1.807, 2.05) is 87.6 Å². The molecule has 4 heterocycles. The average molecular weight is 1060 g/mol. The van der Waals surface area contributed by atoms with E-state index < -0.39 is 11.9 Å². The molecule has 2 radical (unpaired) electrons. The third-order valence-corrected chi connectivity index (χ3v) is 8.56. The first-order chi connectivity index (χ1) is 28.3. The van der Waals surface area contributed by atoms with Gasteiger partial charge in [0.2, 0.25) is 23.5 Å². The summed E-state index contributed by atoms with van der Waals surface area (Å²) in [4.78, 5) is 40.8. The SMILES string of the molecule is CCOC(=O)c1nc(N[C@@H](C)c2cccc(OC)c2)n2ncc(C(C)C)c2n1.COc1cccc([C@H](C)Nc2nc(C(=O)O)nc3c(C(C)C)cnn23)c1.C[CH-]I.[CH2-]C.[Na+].[OH-].[V].[V]. The van der Waals surface area contributed by atoms with E-state index in [1.54, 1.807) is 49.5 Å². The normalized spacial score (nSPS) is 10.9. The fourth-order valence-corrected chi connectivity index (χ4v) is 5.55. The number of benzene rings is 2. The molecule has 17 nitrogen and oxygen atoms in total. The standard InChI is InChI=1S/C20H25N5O3.C18H21N5O3.C2H4I.C2H5.Na.H2O.2V/c1-6-28-19(26)17-23-18-16(12(2)3)11-21-25(18)20(24-17)22-13(4)14-8-7-9-15(10-14)27-5;1-10(2)14-9-19-23-16(14)21-15(17(24)25)22-18(23)20-11(3)12-6-5-7-13(8-12)26-4;1-2-3;1-2;;;;/h7-13H,6H2,1-5H3,(H,22,23,24);5-11H,1-4H3,(H,24,25)(H,20,21,22);2H,1H3;1H2,2H3;;1H2;;/q;;2*-1;+1;;;/p-1/t13-;11-;;;;;;/m00....../s1.